The number of nitrogens with one attached hydrogen (secondary N) is 2. The highest BCUT2D eigenvalue weighted by Gasteiger charge is 2.14. The minimum Gasteiger partial charge on any atom is -0.365 e. The van der Waals surface area contributed by atoms with Crippen molar-refractivity contribution in [1.29, 1.82) is 0 Å². The molecule has 0 atom stereocenters. The number of hydrogen-bond donors (Lipinski definition) is 3. The standard InChI is InChI=1S/C25H20N6OS/c26-25(32)29-19-10-8-16(9-11-19)14-28-23-20-13-21(17-5-2-1-3-6-17)33-24(20)31-22(30-23)18-7-4-12-27-15-18/h1-13,15H,14H2,(H3,26,29,32)(H,28,30,31). The molecule has 0 radical (unpaired) electrons. The van der Waals surface area contributed by atoms with Crippen molar-refractivity contribution >= 4 is 39.1 Å². The molecule has 0 aliphatic heterocycles. The molecular weight excluding hydrogens is 432 g/mol. The van der Waals surface area contributed by atoms with E-state index in [0.717, 1.165) is 37.6 Å². The van der Waals surface area contributed by atoms with Crippen molar-refractivity contribution in [1.82, 2.24) is 15.0 Å². The van der Waals surface area contributed by atoms with Crippen molar-refractivity contribution in [3.05, 3.63) is 90.8 Å². The summed E-state index contributed by atoms with van der Waals surface area (Å²) < 4.78 is 0. The van der Waals surface area contributed by atoms with Crippen LogP contribution in [-0.4, -0.2) is 21.0 Å². The van der Waals surface area contributed by atoms with Crippen LogP contribution in [0, 0.1) is 0 Å². The number of carbonyl (C=O) groups is 1. The summed E-state index contributed by atoms with van der Waals surface area (Å²) in [7, 11) is 0. The summed E-state index contributed by atoms with van der Waals surface area (Å²) in [6.07, 6.45) is 3.50. The molecule has 0 fully saturated rings. The van der Waals surface area contributed by atoms with Gasteiger partial charge in [0.15, 0.2) is 5.82 Å². The van der Waals surface area contributed by atoms with Crippen molar-refractivity contribution in [2.24, 2.45) is 5.73 Å². The number of nitrogens with zero attached hydrogens (tertiary/aromatic N) is 3. The molecule has 7 nitrogen and oxygen atoms in total. The fourth-order valence-electron chi connectivity index (χ4n) is 3.46. The van der Waals surface area contributed by atoms with Crippen molar-refractivity contribution in [3.63, 3.8) is 0 Å². The van der Waals surface area contributed by atoms with Crippen LogP contribution in [0.1, 0.15) is 5.56 Å². The number of hydrogen-bond acceptors (Lipinski definition) is 6. The first-order valence-electron chi connectivity index (χ1n) is 10.3. The van der Waals surface area contributed by atoms with Gasteiger partial charge in [-0.1, -0.05) is 42.5 Å². The van der Waals surface area contributed by atoms with Gasteiger partial charge in [0.25, 0.3) is 0 Å². The number of urea groups is 1. The van der Waals surface area contributed by atoms with E-state index < -0.39 is 6.03 Å². The molecule has 0 saturated carbocycles. The van der Waals surface area contributed by atoms with Crippen LogP contribution in [0.4, 0.5) is 16.3 Å². The van der Waals surface area contributed by atoms with E-state index in [0.29, 0.717) is 18.1 Å². The topological polar surface area (TPSA) is 106 Å². The zero-order chi connectivity index (χ0) is 22.6. The van der Waals surface area contributed by atoms with Crippen LogP contribution in [0.2, 0.25) is 0 Å². The van der Waals surface area contributed by atoms with E-state index in [4.69, 9.17) is 15.7 Å². The van der Waals surface area contributed by atoms with Crippen molar-refractivity contribution in [3.8, 4) is 21.8 Å². The zero-order valence-electron chi connectivity index (χ0n) is 17.5. The summed E-state index contributed by atoms with van der Waals surface area (Å²) in [5.74, 6) is 1.39. The van der Waals surface area contributed by atoms with Gasteiger partial charge in [0, 0.05) is 35.1 Å². The Kier molecular flexibility index (Phi) is 5.65. The van der Waals surface area contributed by atoms with E-state index in [2.05, 4.69) is 33.8 Å². The molecule has 2 aromatic carbocycles. The van der Waals surface area contributed by atoms with E-state index in [1.165, 1.54) is 0 Å². The number of thiophene rings is 1. The number of aromatic nitrogens is 3. The molecule has 0 spiro atoms. The van der Waals surface area contributed by atoms with Crippen LogP contribution < -0.4 is 16.4 Å². The molecule has 0 bridgehead atoms. The van der Waals surface area contributed by atoms with E-state index in [1.54, 1.807) is 23.7 Å². The fraction of sp³-hybridized carbons (Fsp3) is 0.0400. The number of primary amides is 1. The predicted molar refractivity (Wildman–Crippen MR) is 133 cm³/mol. The van der Waals surface area contributed by atoms with Crippen molar-refractivity contribution in [2.75, 3.05) is 10.6 Å². The van der Waals surface area contributed by atoms with E-state index in [-0.39, 0.29) is 0 Å². The molecule has 162 valence electrons. The average Bonchev–Trinajstić information content (AvgIpc) is 3.29. The van der Waals surface area contributed by atoms with Crippen LogP contribution in [0.5, 0.6) is 0 Å². The Hall–Kier alpha value is -4.30. The lowest BCUT2D eigenvalue weighted by atomic mass is 10.1. The number of amides is 2. The molecule has 0 saturated heterocycles. The lowest BCUT2D eigenvalue weighted by molar-refractivity contribution is 0.259. The van der Waals surface area contributed by atoms with E-state index >= 15 is 0 Å². The zero-order valence-corrected chi connectivity index (χ0v) is 18.3. The third-order valence-corrected chi connectivity index (χ3v) is 6.13. The number of pyridine rings is 1. The van der Waals surface area contributed by atoms with Gasteiger partial charge in [0.05, 0.1) is 5.39 Å². The first kappa shape index (κ1) is 20.6. The number of rotatable bonds is 6. The maximum atomic E-state index is 11.0. The van der Waals surface area contributed by atoms with Gasteiger partial charge in [-0.05, 0) is 41.5 Å². The van der Waals surface area contributed by atoms with Gasteiger partial charge in [0.2, 0.25) is 0 Å². The minimum absolute atomic E-state index is 0.561. The van der Waals surface area contributed by atoms with Gasteiger partial charge >= 0.3 is 6.03 Å². The number of carbonyl (C=O) groups excluding carboxylic acids is 1. The monoisotopic (exact) mass is 452 g/mol. The smallest absolute Gasteiger partial charge is 0.316 e. The second-order valence-corrected chi connectivity index (χ2v) is 8.40. The molecule has 5 aromatic rings. The Labute approximate surface area is 194 Å². The van der Waals surface area contributed by atoms with Crippen LogP contribution in [0.15, 0.2) is 85.2 Å². The molecule has 0 aliphatic rings. The van der Waals surface area contributed by atoms with Crippen LogP contribution in [0.3, 0.4) is 0 Å². The fourth-order valence-corrected chi connectivity index (χ4v) is 4.50. The second-order valence-electron chi connectivity index (χ2n) is 7.37. The van der Waals surface area contributed by atoms with E-state index in [9.17, 15) is 4.79 Å². The number of benzene rings is 2. The highest BCUT2D eigenvalue weighted by Crippen LogP contribution is 2.36. The molecule has 0 unspecified atom stereocenters. The highest BCUT2D eigenvalue weighted by atomic mass is 32.1. The maximum absolute atomic E-state index is 11.0. The van der Waals surface area contributed by atoms with Gasteiger partial charge in [-0.15, -0.1) is 11.3 Å². The van der Waals surface area contributed by atoms with Crippen molar-refractivity contribution in [2.45, 2.75) is 6.54 Å². The summed E-state index contributed by atoms with van der Waals surface area (Å²) in [4.78, 5) is 26.9. The Balaban J connectivity index is 1.50. The summed E-state index contributed by atoms with van der Waals surface area (Å²) >= 11 is 1.64. The van der Waals surface area contributed by atoms with Crippen molar-refractivity contribution < 1.29 is 4.79 Å². The van der Waals surface area contributed by atoms with Gasteiger partial charge in [0.1, 0.15) is 10.6 Å². The molecule has 2 amide bonds. The lowest BCUT2D eigenvalue weighted by Crippen LogP contribution is -2.19. The number of anilines is 2. The second kappa shape index (κ2) is 9.05. The Morgan fingerprint density at radius 1 is 0.939 bits per heavy atom. The van der Waals surface area contributed by atoms with Gasteiger partial charge < -0.3 is 16.4 Å². The molecule has 5 rings (SSSR count). The molecule has 33 heavy (non-hydrogen) atoms. The summed E-state index contributed by atoms with van der Waals surface area (Å²) in [5.41, 5.74) is 8.87. The normalized spacial score (nSPS) is 10.8. The lowest BCUT2D eigenvalue weighted by Gasteiger charge is -2.10. The number of nitrogens with two attached hydrogens (primary N) is 1. The van der Waals surface area contributed by atoms with E-state index in [1.807, 2.05) is 54.6 Å². The van der Waals surface area contributed by atoms with Gasteiger partial charge in [-0.3, -0.25) is 4.98 Å². The maximum Gasteiger partial charge on any atom is 0.316 e. The Morgan fingerprint density at radius 3 is 2.45 bits per heavy atom. The third kappa shape index (κ3) is 4.65. The molecule has 3 aromatic heterocycles. The first-order valence-corrected chi connectivity index (χ1v) is 11.1. The molecule has 3 heterocycles. The third-order valence-electron chi connectivity index (χ3n) is 5.05. The largest absolute Gasteiger partial charge is 0.365 e. The van der Waals surface area contributed by atoms with Crippen LogP contribution >= 0.6 is 11.3 Å². The summed E-state index contributed by atoms with van der Waals surface area (Å²) in [6, 6.07) is 23.1. The summed E-state index contributed by atoms with van der Waals surface area (Å²) in [5, 5.41) is 7.00. The van der Waals surface area contributed by atoms with Gasteiger partial charge in [-0.25, -0.2) is 14.8 Å². The molecular formula is C25H20N6OS. The van der Waals surface area contributed by atoms with Crippen LogP contribution in [-0.2, 0) is 6.54 Å². The quantitative estimate of drug-likeness (QED) is 0.314. The summed E-state index contributed by atoms with van der Waals surface area (Å²) in [6.45, 7) is 0.561. The minimum atomic E-state index is -0.584. The first-order chi connectivity index (χ1) is 16.2. The Bertz CT molecular complexity index is 1400. The van der Waals surface area contributed by atoms with Gasteiger partial charge in [-0.2, -0.15) is 0 Å². The van der Waals surface area contributed by atoms with Crippen LogP contribution in [0.25, 0.3) is 32.0 Å². The Morgan fingerprint density at radius 2 is 1.73 bits per heavy atom. The highest BCUT2D eigenvalue weighted by molar-refractivity contribution is 7.22. The predicted octanol–water partition coefficient (Wildman–Crippen LogP) is 5.52. The molecule has 8 heteroatoms. The average molecular weight is 453 g/mol. The molecule has 0 aliphatic carbocycles. The number of fused-ring (bicyclic) bond motifs is 1. The molecule has 4 N–H and O–H groups in total. The SMILES string of the molecule is NC(=O)Nc1ccc(CNc2nc(-c3cccnc3)nc3sc(-c4ccccc4)cc23)cc1.